The van der Waals surface area contributed by atoms with Gasteiger partial charge in [0.05, 0.1) is 6.54 Å². The van der Waals surface area contributed by atoms with E-state index in [1.165, 1.54) is 10.4 Å². The fraction of sp³-hybridized carbons (Fsp3) is 0.583. The quantitative estimate of drug-likeness (QED) is 0.793. The maximum atomic E-state index is 11.7. The Kier molecular flexibility index (Phi) is 6.00. The number of amides is 2. The highest BCUT2D eigenvalue weighted by atomic mass is 32.1. The summed E-state index contributed by atoms with van der Waals surface area (Å²) in [6, 6.07) is 2.03. The predicted octanol–water partition coefficient (Wildman–Crippen LogP) is 2.23. The first kappa shape index (κ1) is 14.0. The highest BCUT2D eigenvalue weighted by molar-refractivity contribution is 7.10. The molecule has 1 rings (SSSR count). The van der Waals surface area contributed by atoms with Crippen molar-refractivity contribution in [3.8, 4) is 0 Å². The normalized spacial score (nSPS) is 10.3. The van der Waals surface area contributed by atoms with Crippen LogP contribution in [0.1, 0.15) is 16.9 Å². The van der Waals surface area contributed by atoms with Crippen LogP contribution in [0.2, 0.25) is 0 Å². The maximum Gasteiger partial charge on any atom is 0.317 e. The molecule has 0 atom stereocenters. The zero-order valence-corrected chi connectivity index (χ0v) is 11.5. The average molecular weight is 256 g/mol. The molecule has 0 saturated carbocycles. The Hall–Kier alpha value is -1.07. The second-order valence-electron chi connectivity index (χ2n) is 3.95. The van der Waals surface area contributed by atoms with Gasteiger partial charge in [-0.15, -0.1) is 11.3 Å². The third-order valence-electron chi connectivity index (χ3n) is 2.56. The molecule has 0 fully saturated rings. The summed E-state index contributed by atoms with van der Waals surface area (Å²) in [7, 11) is 3.46. The zero-order valence-electron chi connectivity index (χ0n) is 10.7. The van der Waals surface area contributed by atoms with Gasteiger partial charge in [0.1, 0.15) is 0 Å². The Bertz CT molecular complexity index is 352. The summed E-state index contributed by atoms with van der Waals surface area (Å²) < 4.78 is 4.95. The van der Waals surface area contributed by atoms with Crippen LogP contribution in [0.4, 0.5) is 4.79 Å². The number of aryl methyl sites for hydroxylation is 1. The van der Waals surface area contributed by atoms with Crippen molar-refractivity contribution in [3.63, 3.8) is 0 Å². The molecule has 1 aromatic rings. The number of thiophene rings is 1. The first-order valence-corrected chi connectivity index (χ1v) is 6.54. The fourth-order valence-corrected chi connectivity index (χ4v) is 2.27. The Labute approximate surface area is 107 Å². The molecule has 0 bridgehead atoms. The van der Waals surface area contributed by atoms with E-state index in [-0.39, 0.29) is 6.03 Å². The lowest BCUT2D eigenvalue weighted by atomic mass is 10.3. The van der Waals surface area contributed by atoms with Crippen LogP contribution in [-0.4, -0.2) is 38.2 Å². The molecule has 1 heterocycles. The van der Waals surface area contributed by atoms with Gasteiger partial charge in [0.15, 0.2) is 0 Å². The Balaban J connectivity index is 2.27. The van der Waals surface area contributed by atoms with E-state index in [4.69, 9.17) is 4.74 Å². The van der Waals surface area contributed by atoms with Crippen molar-refractivity contribution >= 4 is 17.4 Å². The molecule has 1 aromatic heterocycles. The third-order valence-corrected chi connectivity index (χ3v) is 3.58. The number of carbonyl (C=O) groups excluding carboxylic acids is 1. The minimum absolute atomic E-state index is 0.0334. The van der Waals surface area contributed by atoms with Gasteiger partial charge in [0, 0.05) is 32.2 Å². The van der Waals surface area contributed by atoms with E-state index in [9.17, 15) is 4.79 Å². The van der Waals surface area contributed by atoms with Gasteiger partial charge in [0.25, 0.3) is 0 Å². The molecule has 0 aromatic carbocycles. The molecule has 96 valence electrons. The zero-order chi connectivity index (χ0) is 12.7. The van der Waals surface area contributed by atoms with Crippen molar-refractivity contribution in [2.45, 2.75) is 19.9 Å². The van der Waals surface area contributed by atoms with Crippen LogP contribution >= 0.6 is 11.3 Å². The first-order valence-electron chi connectivity index (χ1n) is 5.66. The number of methoxy groups -OCH3 is 1. The second kappa shape index (κ2) is 7.29. The summed E-state index contributed by atoms with van der Waals surface area (Å²) in [6.45, 7) is 4.06. The van der Waals surface area contributed by atoms with Crippen LogP contribution in [0.15, 0.2) is 11.4 Å². The summed E-state index contributed by atoms with van der Waals surface area (Å²) in [5.41, 5.74) is 1.23. The highest BCUT2D eigenvalue weighted by Crippen LogP contribution is 2.14. The van der Waals surface area contributed by atoms with Gasteiger partial charge in [-0.1, -0.05) is 0 Å². The van der Waals surface area contributed by atoms with Crippen molar-refractivity contribution in [3.05, 3.63) is 21.9 Å². The van der Waals surface area contributed by atoms with Gasteiger partial charge in [-0.2, -0.15) is 0 Å². The van der Waals surface area contributed by atoms with Gasteiger partial charge in [-0.25, -0.2) is 4.79 Å². The number of carbonyl (C=O) groups is 1. The van der Waals surface area contributed by atoms with Crippen LogP contribution in [0.3, 0.4) is 0 Å². The van der Waals surface area contributed by atoms with Crippen molar-refractivity contribution < 1.29 is 9.53 Å². The number of hydrogen-bond donors (Lipinski definition) is 1. The Morgan fingerprint density at radius 1 is 1.59 bits per heavy atom. The van der Waals surface area contributed by atoms with Crippen molar-refractivity contribution in [2.24, 2.45) is 0 Å². The monoisotopic (exact) mass is 256 g/mol. The van der Waals surface area contributed by atoms with Gasteiger partial charge < -0.3 is 15.0 Å². The van der Waals surface area contributed by atoms with E-state index < -0.39 is 0 Å². The summed E-state index contributed by atoms with van der Waals surface area (Å²) in [4.78, 5) is 14.6. The fourth-order valence-electron chi connectivity index (χ4n) is 1.42. The van der Waals surface area contributed by atoms with Crippen molar-refractivity contribution in [1.29, 1.82) is 0 Å². The molecule has 2 amide bonds. The molecule has 0 aliphatic rings. The third kappa shape index (κ3) is 4.75. The lowest BCUT2D eigenvalue weighted by molar-refractivity contribution is 0.175. The standard InChI is InChI=1S/C12H20N2O2S/c1-10-5-8-17-11(10)9-13-12(15)14(2)6-4-7-16-3/h5,8H,4,6-7,9H2,1-3H3,(H,13,15). The van der Waals surface area contributed by atoms with E-state index in [2.05, 4.69) is 18.3 Å². The van der Waals surface area contributed by atoms with E-state index >= 15 is 0 Å². The lowest BCUT2D eigenvalue weighted by Gasteiger charge is -2.17. The number of nitrogens with one attached hydrogen (secondary N) is 1. The van der Waals surface area contributed by atoms with E-state index in [0.29, 0.717) is 19.7 Å². The molecule has 17 heavy (non-hydrogen) atoms. The summed E-state index contributed by atoms with van der Waals surface area (Å²) in [6.07, 6.45) is 0.860. The first-order chi connectivity index (χ1) is 8.15. The van der Waals surface area contributed by atoms with E-state index in [1.54, 1.807) is 30.4 Å². The van der Waals surface area contributed by atoms with Gasteiger partial charge >= 0.3 is 6.03 Å². The van der Waals surface area contributed by atoms with Crippen LogP contribution in [0.25, 0.3) is 0 Å². The van der Waals surface area contributed by atoms with Gasteiger partial charge in [0.2, 0.25) is 0 Å². The molecule has 0 spiro atoms. The molecular weight excluding hydrogens is 236 g/mol. The number of urea groups is 1. The van der Waals surface area contributed by atoms with E-state index in [0.717, 1.165) is 6.42 Å². The number of ether oxygens (including phenoxy) is 1. The molecule has 4 nitrogen and oxygen atoms in total. The molecule has 0 aliphatic heterocycles. The van der Waals surface area contributed by atoms with Gasteiger partial charge in [-0.3, -0.25) is 0 Å². The van der Waals surface area contributed by atoms with Crippen LogP contribution < -0.4 is 5.32 Å². The SMILES string of the molecule is COCCCN(C)C(=O)NCc1sccc1C. The number of rotatable bonds is 6. The van der Waals surface area contributed by atoms with E-state index in [1.807, 2.05) is 5.38 Å². The Morgan fingerprint density at radius 3 is 2.94 bits per heavy atom. The maximum absolute atomic E-state index is 11.7. The molecule has 5 heteroatoms. The largest absolute Gasteiger partial charge is 0.385 e. The smallest absolute Gasteiger partial charge is 0.317 e. The minimum Gasteiger partial charge on any atom is -0.385 e. The van der Waals surface area contributed by atoms with Crippen molar-refractivity contribution in [1.82, 2.24) is 10.2 Å². The summed E-state index contributed by atoms with van der Waals surface area (Å²) in [5.74, 6) is 0. The van der Waals surface area contributed by atoms with Gasteiger partial charge in [-0.05, 0) is 30.4 Å². The molecule has 0 aliphatic carbocycles. The predicted molar refractivity (Wildman–Crippen MR) is 70.4 cm³/mol. The molecule has 0 saturated heterocycles. The number of nitrogens with zero attached hydrogens (tertiary/aromatic N) is 1. The molecule has 0 radical (unpaired) electrons. The molecule has 1 N–H and O–H groups in total. The molecule has 0 unspecified atom stereocenters. The highest BCUT2D eigenvalue weighted by Gasteiger charge is 2.08. The lowest BCUT2D eigenvalue weighted by Crippen LogP contribution is -2.37. The van der Waals surface area contributed by atoms with Crippen LogP contribution in [-0.2, 0) is 11.3 Å². The topological polar surface area (TPSA) is 41.6 Å². The summed E-state index contributed by atoms with van der Waals surface area (Å²) in [5, 5.41) is 4.95. The Morgan fingerprint density at radius 2 is 2.35 bits per heavy atom. The number of hydrogen-bond acceptors (Lipinski definition) is 3. The van der Waals surface area contributed by atoms with Crippen LogP contribution in [0.5, 0.6) is 0 Å². The van der Waals surface area contributed by atoms with Crippen molar-refractivity contribution in [2.75, 3.05) is 27.3 Å². The average Bonchev–Trinajstić information content (AvgIpc) is 2.72. The second-order valence-corrected chi connectivity index (χ2v) is 4.95. The van der Waals surface area contributed by atoms with Crippen LogP contribution in [0, 0.1) is 6.92 Å². The minimum atomic E-state index is -0.0334. The summed E-state index contributed by atoms with van der Waals surface area (Å²) >= 11 is 1.67. The molecular formula is C12H20N2O2S.